The highest BCUT2D eigenvalue weighted by Gasteiger charge is 2.45. The Kier molecular flexibility index (Phi) is 2.85. The third-order valence-corrected chi connectivity index (χ3v) is 4.80. The molecule has 1 N–H and O–H groups in total. The fourth-order valence-corrected chi connectivity index (χ4v) is 3.65. The second-order valence-electron chi connectivity index (χ2n) is 6.09. The lowest BCUT2D eigenvalue weighted by molar-refractivity contribution is -0.143. The van der Waals surface area contributed by atoms with Crippen molar-refractivity contribution in [3.8, 4) is 0 Å². The summed E-state index contributed by atoms with van der Waals surface area (Å²) in [5, 5.41) is 9.23. The second-order valence-corrected chi connectivity index (χ2v) is 6.09. The molecule has 2 aliphatic carbocycles. The average Bonchev–Trinajstić information content (AvgIpc) is 2.55. The topological polar surface area (TPSA) is 37.3 Å². The van der Waals surface area contributed by atoms with Gasteiger partial charge in [0.2, 0.25) is 0 Å². The summed E-state index contributed by atoms with van der Waals surface area (Å²) in [6, 6.07) is 0. The zero-order valence-electron chi connectivity index (χ0n) is 10.3. The molecule has 0 amide bonds. The van der Waals surface area contributed by atoms with E-state index in [1.54, 1.807) is 0 Å². The van der Waals surface area contributed by atoms with Crippen LogP contribution < -0.4 is 0 Å². The van der Waals surface area contributed by atoms with Crippen molar-refractivity contribution in [1.29, 1.82) is 0 Å². The van der Waals surface area contributed by atoms with E-state index in [1.807, 2.05) is 0 Å². The van der Waals surface area contributed by atoms with Gasteiger partial charge in [0.25, 0.3) is 0 Å². The molecule has 0 aromatic carbocycles. The van der Waals surface area contributed by atoms with Crippen LogP contribution in [0.2, 0.25) is 0 Å². The first kappa shape index (κ1) is 11.7. The molecule has 0 heterocycles. The first-order valence-corrected chi connectivity index (χ1v) is 6.35. The van der Waals surface area contributed by atoms with E-state index < -0.39 is 5.97 Å². The minimum Gasteiger partial charge on any atom is -0.481 e. The van der Waals surface area contributed by atoms with Crippen molar-refractivity contribution in [1.82, 2.24) is 0 Å². The Morgan fingerprint density at radius 1 is 1.38 bits per heavy atom. The Hall–Kier alpha value is -0.790. The quantitative estimate of drug-likeness (QED) is 0.690. The van der Waals surface area contributed by atoms with Crippen LogP contribution in [0.15, 0.2) is 12.2 Å². The number of fused-ring (bicyclic) bond motifs is 1. The SMILES string of the molecule is C=C1[C@H]2CC[C@H](C(=O)O)C2CCCC1(C)C. The maximum absolute atomic E-state index is 11.2. The van der Waals surface area contributed by atoms with E-state index in [9.17, 15) is 9.90 Å². The van der Waals surface area contributed by atoms with Crippen LogP contribution in [0.3, 0.4) is 0 Å². The number of aliphatic carboxylic acids is 1. The second kappa shape index (κ2) is 3.90. The monoisotopic (exact) mass is 222 g/mol. The fourth-order valence-electron chi connectivity index (χ4n) is 3.65. The summed E-state index contributed by atoms with van der Waals surface area (Å²) in [5.41, 5.74) is 1.51. The van der Waals surface area contributed by atoms with Crippen molar-refractivity contribution in [3.63, 3.8) is 0 Å². The first-order chi connectivity index (χ1) is 7.43. The zero-order chi connectivity index (χ0) is 11.9. The number of allylic oxidation sites excluding steroid dienone is 1. The number of hydrogen-bond acceptors (Lipinski definition) is 1. The van der Waals surface area contributed by atoms with Crippen molar-refractivity contribution in [3.05, 3.63) is 12.2 Å². The van der Waals surface area contributed by atoms with E-state index >= 15 is 0 Å². The molecule has 90 valence electrons. The van der Waals surface area contributed by atoms with Gasteiger partial charge in [0.1, 0.15) is 0 Å². The Balaban J connectivity index is 2.24. The summed E-state index contributed by atoms with van der Waals surface area (Å²) in [6.45, 7) is 8.78. The van der Waals surface area contributed by atoms with Crippen LogP contribution >= 0.6 is 0 Å². The highest BCUT2D eigenvalue weighted by atomic mass is 16.4. The number of carboxylic acid groups (broad SMARTS) is 1. The predicted molar refractivity (Wildman–Crippen MR) is 64.1 cm³/mol. The summed E-state index contributed by atoms with van der Waals surface area (Å²) in [6.07, 6.45) is 5.26. The molecule has 1 unspecified atom stereocenters. The van der Waals surface area contributed by atoms with Gasteiger partial charge in [-0.25, -0.2) is 0 Å². The third-order valence-electron chi connectivity index (χ3n) is 4.80. The molecule has 16 heavy (non-hydrogen) atoms. The van der Waals surface area contributed by atoms with Gasteiger partial charge in [-0.15, -0.1) is 0 Å². The summed E-state index contributed by atoms with van der Waals surface area (Å²) in [4.78, 5) is 11.2. The van der Waals surface area contributed by atoms with E-state index in [0.717, 1.165) is 32.1 Å². The van der Waals surface area contributed by atoms with Gasteiger partial charge in [0.05, 0.1) is 5.92 Å². The van der Waals surface area contributed by atoms with Gasteiger partial charge in [-0.05, 0) is 42.9 Å². The van der Waals surface area contributed by atoms with Gasteiger partial charge < -0.3 is 5.11 Å². The molecule has 0 spiro atoms. The van der Waals surface area contributed by atoms with E-state index in [2.05, 4.69) is 20.4 Å². The van der Waals surface area contributed by atoms with Crippen LogP contribution in [0.25, 0.3) is 0 Å². The number of hydrogen-bond donors (Lipinski definition) is 1. The molecule has 0 aromatic rings. The van der Waals surface area contributed by atoms with Crippen LogP contribution in [-0.2, 0) is 4.79 Å². The molecule has 2 fully saturated rings. The molecular weight excluding hydrogens is 200 g/mol. The predicted octanol–water partition coefficient (Wildman–Crippen LogP) is 3.48. The lowest BCUT2D eigenvalue weighted by Gasteiger charge is -2.30. The van der Waals surface area contributed by atoms with Gasteiger partial charge in [0.15, 0.2) is 0 Å². The number of carboxylic acids is 1. The van der Waals surface area contributed by atoms with Crippen LogP contribution in [0, 0.1) is 23.2 Å². The smallest absolute Gasteiger partial charge is 0.306 e. The largest absolute Gasteiger partial charge is 0.481 e. The average molecular weight is 222 g/mol. The highest BCUT2D eigenvalue weighted by molar-refractivity contribution is 5.71. The van der Waals surface area contributed by atoms with Crippen molar-refractivity contribution in [2.45, 2.75) is 46.0 Å². The normalized spacial score (nSPS) is 37.9. The molecule has 2 aliphatic rings. The molecule has 2 rings (SSSR count). The van der Waals surface area contributed by atoms with Gasteiger partial charge in [-0.1, -0.05) is 32.4 Å². The molecule has 3 atom stereocenters. The molecule has 2 saturated carbocycles. The minimum atomic E-state index is -0.597. The maximum atomic E-state index is 11.2. The molecule has 0 radical (unpaired) electrons. The Bertz CT molecular complexity index is 317. The molecule has 0 aromatic heterocycles. The van der Waals surface area contributed by atoms with Crippen molar-refractivity contribution in [2.75, 3.05) is 0 Å². The number of carbonyl (C=O) groups is 1. The van der Waals surface area contributed by atoms with Crippen LogP contribution in [0.5, 0.6) is 0 Å². The number of rotatable bonds is 1. The van der Waals surface area contributed by atoms with Gasteiger partial charge >= 0.3 is 5.97 Å². The Morgan fingerprint density at radius 2 is 2.06 bits per heavy atom. The third kappa shape index (κ3) is 1.79. The molecule has 2 heteroatoms. The van der Waals surface area contributed by atoms with Crippen molar-refractivity contribution in [2.24, 2.45) is 23.2 Å². The summed E-state index contributed by atoms with van der Waals surface area (Å²) in [5.74, 6) is 0.0982. The lowest BCUT2D eigenvalue weighted by Crippen LogP contribution is -2.24. The first-order valence-electron chi connectivity index (χ1n) is 6.35. The van der Waals surface area contributed by atoms with Crippen LogP contribution in [-0.4, -0.2) is 11.1 Å². The minimum absolute atomic E-state index is 0.115. The molecular formula is C14H22O2. The van der Waals surface area contributed by atoms with Crippen LogP contribution in [0.1, 0.15) is 46.0 Å². The standard InChI is InChI=1S/C14H22O2/c1-9-10-6-7-12(13(15)16)11(10)5-4-8-14(9,2)3/h10-12H,1,4-8H2,2-3H3,(H,15,16)/t10-,11?,12+/m1/s1. The van der Waals surface area contributed by atoms with Gasteiger partial charge in [-0.2, -0.15) is 0 Å². The van der Waals surface area contributed by atoms with Gasteiger partial charge in [-0.3, -0.25) is 4.79 Å². The van der Waals surface area contributed by atoms with Crippen LogP contribution in [0.4, 0.5) is 0 Å². The summed E-state index contributed by atoms with van der Waals surface area (Å²) >= 11 is 0. The molecule has 2 nitrogen and oxygen atoms in total. The lowest BCUT2D eigenvalue weighted by atomic mass is 9.75. The van der Waals surface area contributed by atoms with E-state index in [1.165, 1.54) is 5.57 Å². The summed E-state index contributed by atoms with van der Waals surface area (Å²) < 4.78 is 0. The molecule has 0 aliphatic heterocycles. The van der Waals surface area contributed by atoms with E-state index in [-0.39, 0.29) is 11.3 Å². The maximum Gasteiger partial charge on any atom is 0.306 e. The molecule has 0 bridgehead atoms. The van der Waals surface area contributed by atoms with Crippen molar-refractivity contribution < 1.29 is 9.90 Å². The fraction of sp³-hybridized carbons (Fsp3) is 0.786. The highest BCUT2D eigenvalue weighted by Crippen LogP contribution is 2.52. The van der Waals surface area contributed by atoms with Gasteiger partial charge in [0, 0.05) is 0 Å². The summed E-state index contributed by atoms with van der Waals surface area (Å²) in [7, 11) is 0. The van der Waals surface area contributed by atoms with Crippen molar-refractivity contribution >= 4 is 5.97 Å². The zero-order valence-corrected chi connectivity index (χ0v) is 10.3. The van der Waals surface area contributed by atoms with E-state index in [4.69, 9.17) is 0 Å². The molecule has 0 saturated heterocycles. The Morgan fingerprint density at radius 3 is 2.69 bits per heavy atom. The van der Waals surface area contributed by atoms with E-state index in [0.29, 0.717) is 11.8 Å². The Labute approximate surface area is 97.7 Å².